The lowest BCUT2D eigenvalue weighted by Crippen LogP contribution is -2.15. The molecule has 1 heterocycles. The van der Waals surface area contributed by atoms with Crippen LogP contribution in [0.25, 0.3) is 11.1 Å². The summed E-state index contributed by atoms with van der Waals surface area (Å²) in [7, 11) is 0. The fourth-order valence-corrected chi connectivity index (χ4v) is 2.24. The van der Waals surface area contributed by atoms with E-state index in [4.69, 9.17) is 9.47 Å². The third-order valence-electron chi connectivity index (χ3n) is 3.20. The maximum atomic E-state index is 10.9. The molecule has 2 aromatic carbocycles. The van der Waals surface area contributed by atoms with Gasteiger partial charge >= 0.3 is 0 Å². The van der Waals surface area contributed by atoms with Crippen LogP contribution in [-0.4, -0.2) is 18.3 Å². The van der Waals surface area contributed by atoms with E-state index in [1.54, 1.807) is 18.2 Å². The fraction of sp³-hybridized carbons (Fsp3) is 0.200. The number of hydrogen-bond donors (Lipinski definition) is 1. The maximum Gasteiger partial charge on any atom is 0.165 e. The van der Waals surface area contributed by atoms with Crippen molar-refractivity contribution in [3.05, 3.63) is 40.8 Å². The summed E-state index contributed by atoms with van der Waals surface area (Å²) in [5.41, 5.74) is 2.34. The van der Waals surface area contributed by atoms with Gasteiger partial charge in [0.1, 0.15) is 24.7 Å². The summed E-state index contributed by atoms with van der Waals surface area (Å²) >= 11 is 0. The lowest BCUT2D eigenvalue weighted by atomic mass is 10.00. The molecule has 0 fully saturated rings. The number of phenolic OH excluding ortho intramolecular Hbond substituents is 1. The van der Waals surface area contributed by atoms with Crippen LogP contribution in [0.1, 0.15) is 5.56 Å². The molecule has 20 heavy (non-hydrogen) atoms. The van der Waals surface area contributed by atoms with Crippen LogP contribution in [-0.2, 0) is 0 Å². The number of nitroso groups, excluding NO2 is 1. The average molecular weight is 271 g/mol. The minimum atomic E-state index is 0.0322. The molecule has 0 spiro atoms. The number of ether oxygens (including phenoxy) is 2. The lowest BCUT2D eigenvalue weighted by Gasteiger charge is -2.20. The monoisotopic (exact) mass is 271 g/mol. The number of rotatable bonds is 2. The van der Waals surface area contributed by atoms with Crippen LogP contribution in [0.2, 0.25) is 0 Å². The zero-order valence-corrected chi connectivity index (χ0v) is 10.9. The molecule has 0 aromatic heterocycles. The zero-order chi connectivity index (χ0) is 14.1. The molecule has 1 aliphatic heterocycles. The molecule has 0 bridgehead atoms. The van der Waals surface area contributed by atoms with Gasteiger partial charge in [0, 0.05) is 17.2 Å². The molecular formula is C15H13NO4. The Morgan fingerprint density at radius 2 is 1.75 bits per heavy atom. The minimum Gasteiger partial charge on any atom is -0.507 e. The van der Waals surface area contributed by atoms with Crippen molar-refractivity contribution in [3.8, 4) is 28.4 Å². The van der Waals surface area contributed by atoms with Gasteiger partial charge in [-0.25, -0.2) is 0 Å². The standard InChI is InChI=1S/C15H13NO4/c1-9-2-3-12(16-18)10(6-9)11-7-14-15(8-13(11)17)20-5-4-19-14/h2-3,6-8,17H,4-5H2,1H3. The summed E-state index contributed by atoms with van der Waals surface area (Å²) < 4.78 is 10.9. The van der Waals surface area contributed by atoms with Gasteiger partial charge in [0.15, 0.2) is 11.5 Å². The van der Waals surface area contributed by atoms with Gasteiger partial charge in [-0.15, -0.1) is 4.91 Å². The highest BCUT2D eigenvalue weighted by Gasteiger charge is 2.18. The van der Waals surface area contributed by atoms with E-state index < -0.39 is 0 Å². The van der Waals surface area contributed by atoms with Crippen LogP contribution in [0.4, 0.5) is 5.69 Å². The summed E-state index contributed by atoms with van der Waals surface area (Å²) in [5, 5.41) is 13.2. The lowest BCUT2D eigenvalue weighted by molar-refractivity contribution is 0.171. The number of aromatic hydroxyl groups is 1. The van der Waals surface area contributed by atoms with Gasteiger partial charge in [0.05, 0.1) is 0 Å². The third kappa shape index (κ3) is 2.07. The molecule has 0 atom stereocenters. The van der Waals surface area contributed by atoms with Crippen molar-refractivity contribution < 1.29 is 14.6 Å². The maximum absolute atomic E-state index is 10.9. The molecule has 1 aliphatic rings. The molecule has 3 rings (SSSR count). The van der Waals surface area contributed by atoms with E-state index in [0.29, 0.717) is 35.8 Å². The summed E-state index contributed by atoms with van der Waals surface area (Å²) in [6.45, 7) is 2.83. The van der Waals surface area contributed by atoms with Crippen LogP contribution < -0.4 is 9.47 Å². The van der Waals surface area contributed by atoms with Crippen molar-refractivity contribution >= 4 is 5.69 Å². The quantitative estimate of drug-likeness (QED) is 0.848. The molecule has 0 saturated carbocycles. The van der Waals surface area contributed by atoms with E-state index in [-0.39, 0.29) is 11.4 Å². The Labute approximate surface area is 115 Å². The van der Waals surface area contributed by atoms with E-state index in [0.717, 1.165) is 5.56 Å². The van der Waals surface area contributed by atoms with Crippen molar-refractivity contribution in [3.63, 3.8) is 0 Å². The molecule has 0 radical (unpaired) electrons. The SMILES string of the molecule is Cc1ccc(N=O)c(-c2cc3c(cc2O)OCCO3)c1. The number of benzene rings is 2. The van der Waals surface area contributed by atoms with Crippen molar-refractivity contribution in [1.29, 1.82) is 0 Å². The van der Waals surface area contributed by atoms with E-state index in [2.05, 4.69) is 5.18 Å². The van der Waals surface area contributed by atoms with E-state index in [1.807, 2.05) is 13.0 Å². The Morgan fingerprint density at radius 3 is 2.45 bits per heavy atom. The molecule has 5 nitrogen and oxygen atoms in total. The number of aryl methyl sites for hydroxylation is 1. The topological polar surface area (TPSA) is 68.1 Å². The predicted molar refractivity (Wildman–Crippen MR) is 74.7 cm³/mol. The third-order valence-corrected chi connectivity index (χ3v) is 3.20. The average Bonchev–Trinajstić information content (AvgIpc) is 2.46. The number of nitrogens with zero attached hydrogens (tertiary/aromatic N) is 1. The summed E-state index contributed by atoms with van der Waals surface area (Å²) in [6.07, 6.45) is 0. The second-order valence-corrected chi connectivity index (χ2v) is 4.62. The van der Waals surface area contributed by atoms with Gasteiger partial charge in [-0.1, -0.05) is 11.6 Å². The first-order valence-corrected chi connectivity index (χ1v) is 6.26. The van der Waals surface area contributed by atoms with Crippen molar-refractivity contribution in [1.82, 2.24) is 0 Å². The van der Waals surface area contributed by atoms with Gasteiger partial charge in [-0.3, -0.25) is 0 Å². The van der Waals surface area contributed by atoms with Gasteiger partial charge in [0.2, 0.25) is 0 Å². The van der Waals surface area contributed by atoms with E-state index >= 15 is 0 Å². The van der Waals surface area contributed by atoms with Gasteiger partial charge in [0.25, 0.3) is 0 Å². The molecule has 0 aliphatic carbocycles. The Bertz CT molecular complexity index is 682. The van der Waals surface area contributed by atoms with Gasteiger partial charge < -0.3 is 14.6 Å². The van der Waals surface area contributed by atoms with Crippen LogP contribution >= 0.6 is 0 Å². The Balaban J connectivity index is 2.19. The van der Waals surface area contributed by atoms with Gasteiger partial charge in [-0.2, -0.15) is 0 Å². The first-order valence-electron chi connectivity index (χ1n) is 6.26. The van der Waals surface area contributed by atoms with Crippen molar-refractivity contribution in [2.75, 3.05) is 13.2 Å². The number of phenols is 1. The molecule has 0 saturated heterocycles. The molecule has 5 heteroatoms. The molecule has 1 N–H and O–H groups in total. The van der Waals surface area contributed by atoms with Crippen LogP contribution in [0, 0.1) is 11.8 Å². The number of hydrogen-bond acceptors (Lipinski definition) is 5. The van der Waals surface area contributed by atoms with Crippen LogP contribution in [0.15, 0.2) is 35.5 Å². The highest BCUT2D eigenvalue weighted by Crippen LogP contribution is 2.43. The summed E-state index contributed by atoms with van der Waals surface area (Å²) in [4.78, 5) is 10.9. The first-order chi connectivity index (χ1) is 9.69. The second kappa shape index (κ2) is 4.85. The minimum absolute atomic E-state index is 0.0322. The van der Waals surface area contributed by atoms with E-state index in [9.17, 15) is 10.0 Å². The Kier molecular flexibility index (Phi) is 3.02. The normalized spacial score (nSPS) is 13.1. The van der Waals surface area contributed by atoms with Crippen molar-refractivity contribution in [2.24, 2.45) is 5.18 Å². The van der Waals surface area contributed by atoms with E-state index in [1.165, 1.54) is 6.07 Å². The highest BCUT2D eigenvalue weighted by molar-refractivity contribution is 5.82. The number of fused-ring (bicyclic) bond motifs is 1. The molecular weight excluding hydrogens is 258 g/mol. The molecule has 2 aromatic rings. The Hall–Kier alpha value is -2.56. The Morgan fingerprint density at radius 1 is 1.05 bits per heavy atom. The van der Waals surface area contributed by atoms with Crippen molar-refractivity contribution in [2.45, 2.75) is 6.92 Å². The largest absolute Gasteiger partial charge is 0.507 e. The van der Waals surface area contributed by atoms with Crippen LogP contribution in [0.5, 0.6) is 17.2 Å². The zero-order valence-electron chi connectivity index (χ0n) is 10.9. The molecule has 102 valence electrons. The summed E-state index contributed by atoms with van der Waals surface area (Å²) in [6, 6.07) is 8.42. The highest BCUT2D eigenvalue weighted by atomic mass is 16.6. The van der Waals surface area contributed by atoms with Gasteiger partial charge in [-0.05, 0) is 30.3 Å². The predicted octanol–water partition coefficient (Wildman–Crippen LogP) is 3.54. The first kappa shape index (κ1) is 12.5. The summed E-state index contributed by atoms with van der Waals surface area (Å²) in [5.74, 6) is 1.10. The molecule has 0 unspecified atom stereocenters. The fourth-order valence-electron chi connectivity index (χ4n) is 2.24. The molecule has 0 amide bonds. The van der Waals surface area contributed by atoms with Crippen LogP contribution in [0.3, 0.4) is 0 Å². The smallest absolute Gasteiger partial charge is 0.165 e. The second-order valence-electron chi connectivity index (χ2n) is 4.62.